The molecule has 0 amide bonds. The minimum absolute atomic E-state index is 0.351. The molecule has 1 aromatic rings. The van der Waals surface area contributed by atoms with Gasteiger partial charge >= 0.3 is 0 Å². The van der Waals surface area contributed by atoms with Gasteiger partial charge in [-0.25, -0.2) is 9.97 Å². The van der Waals surface area contributed by atoms with Crippen LogP contribution in [0, 0.1) is 5.92 Å². The number of aryl methyl sites for hydroxylation is 1. The molecule has 2 heterocycles. The molecule has 3 rings (SSSR count). The summed E-state index contributed by atoms with van der Waals surface area (Å²) < 4.78 is 5.81. The summed E-state index contributed by atoms with van der Waals surface area (Å²) in [6.07, 6.45) is 4.79. The Morgan fingerprint density at radius 1 is 1.39 bits per heavy atom. The molecule has 2 unspecified atom stereocenters. The largest absolute Gasteiger partial charge is 0.376 e. The fourth-order valence-corrected chi connectivity index (χ4v) is 2.74. The van der Waals surface area contributed by atoms with E-state index in [0.717, 1.165) is 37.0 Å². The zero-order chi connectivity index (χ0) is 12.5. The minimum atomic E-state index is 0.351. The van der Waals surface area contributed by atoms with Crippen molar-refractivity contribution in [1.82, 2.24) is 9.97 Å². The first-order valence-electron chi connectivity index (χ1n) is 6.68. The fourth-order valence-electron chi connectivity index (χ4n) is 2.54. The van der Waals surface area contributed by atoms with Crippen molar-refractivity contribution < 1.29 is 4.74 Å². The lowest BCUT2D eigenvalue weighted by Gasteiger charge is -2.20. The summed E-state index contributed by atoms with van der Waals surface area (Å²) in [4.78, 5) is 8.64. The molecule has 4 nitrogen and oxygen atoms in total. The van der Waals surface area contributed by atoms with Gasteiger partial charge in [0.2, 0.25) is 0 Å². The first-order valence-corrected chi connectivity index (χ1v) is 7.05. The summed E-state index contributed by atoms with van der Waals surface area (Å²) in [5, 5.41) is 3.97. The maximum atomic E-state index is 6.00. The molecule has 1 aliphatic heterocycles. The third kappa shape index (κ3) is 2.59. The van der Waals surface area contributed by atoms with E-state index in [2.05, 4.69) is 15.3 Å². The van der Waals surface area contributed by atoms with Crippen molar-refractivity contribution in [3.8, 4) is 0 Å². The summed E-state index contributed by atoms with van der Waals surface area (Å²) in [6, 6.07) is 2.16. The summed E-state index contributed by atoms with van der Waals surface area (Å²) >= 11 is 6.00. The van der Waals surface area contributed by atoms with Crippen LogP contribution in [0.3, 0.4) is 0 Å². The number of nitrogens with zero attached hydrogens (tertiary/aromatic N) is 2. The molecule has 1 saturated carbocycles. The first-order chi connectivity index (χ1) is 8.76. The molecular formula is C13H18ClN3O. The Bertz CT molecular complexity index is 436. The number of halogens is 1. The molecule has 18 heavy (non-hydrogen) atoms. The molecule has 1 aromatic heterocycles. The lowest BCUT2D eigenvalue weighted by molar-refractivity contribution is 0.0898. The highest BCUT2D eigenvalue weighted by molar-refractivity contribution is 6.29. The zero-order valence-corrected chi connectivity index (χ0v) is 11.3. The quantitative estimate of drug-likeness (QED) is 0.852. The van der Waals surface area contributed by atoms with Crippen molar-refractivity contribution in [2.24, 2.45) is 5.92 Å². The lowest BCUT2D eigenvalue weighted by Crippen LogP contribution is -2.31. The SMILES string of the molecule is CCc1nc(Cl)cc(NC2CCOC2C2CC2)n1. The second kappa shape index (κ2) is 5.02. The van der Waals surface area contributed by atoms with E-state index in [4.69, 9.17) is 16.3 Å². The summed E-state index contributed by atoms with van der Waals surface area (Å²) in [6.45, 7) is 2.87. The van der Waals surface area contributed by atoms with E-state index >= 15 is 0 Å². The number of ether oxygens (including phenoxy) is 1. The van der Waals surface area contributed by atoms with Crippen molar-refractivity contribution in [3.05, 3.63) is 17.0 Å². The summed E-state index contributed by atoms with van der Waals surface area (Å²) in [5.74, 6) is 2.35. The van der Waals surface area contributed by atoms with E-state index in [9.17, 15) is 0 Å². The standard InChI is InChI=1S/C13H18ClN3O/c1-2-11-16-10(14)7-12(17-11)15-9-5-6-18-13(9)8-3-4-8/h7-9,13H,2-6H2,1H3,(H,15,16,17). The van der Waals surface area contributed by atoms with Crippen LogP contribution < -0.4 is 5.32 Å². The molecule has 0 spiro atoms. The van der Waals surface area contributed by atoms with Crippen LogP contribution in [0.15, 0.2) is 6.07 Å². The number of aromatic nitrogens is 2. The second-order valence-electron chi connectivity index (χ2n) is 5.06. The highest BCUT2D eigenvalue weighted by atomic mass is 35.5. The molecule has 1 N–H and O–H groups in total. The zero-order valence-electron chi connectivity index (χ0n) is 10.5. The molecule has 0 radical (unpaired) electrons. The third-order valence-electron chi connectivity index (χ3n) is 3.61. The van der Waals surface area contributed by atoms with Crippen molar-refractivity contribution in [1.29, 1.82) is 0 Å². The topological polar surface area (TPSA) is 47.0 Å². The molecule has 5 heteroatoms. The summed E-state index contributed by atoms with van der Waals surface area (Å²) in [7, 11) is 0. The first kappa shape index (κ1) is 12.2. The van der Waals surface area contributed by atoms with Gasteiger partial charge in [-0.1, -0.05) is 18.5 Å². The van der Waals surface area contributed by atoms with Crippen molar-refractivity contribution >= 4 is 17.4 Å². The van der Waals surface area contributed by atoms with Gasteiger partial charge in [-0.3, -0.25) is 0 Å². The van der Waals surface area contributed by atoms with E-state index in [1.54, 1.807) is 6.07 Å². The Labute approximate surface area is 112 Å². The molecule has 0 aromatic carbocycles. The Kier molecular flexibility index (Phi) is 3.39. The van der Waals surface area contributed by atoms with Gasteiger partial charge in [0.15, 0.2) is 0 Å². The number of hydrogen-bond acceptors (Lipinski definition) is 4. The molecule has 2 fully saturated rings. The fraction of sp³-hybridized carbons (Fsp3) is 0.692. The van der Waals surface area contributed by atoms with Gasteiger partial charge in [0.25, 0.3) is 0 Å². The Balaban J connectivity index is 1.73. The Hall–Kier alpha value is -0.870. The van der Waals surface area contributed by atoms with Crippen molar-refractivity contribution in [2.45, 2.75) is 44.8 Å². The molecule has 2 aliphatic rings. The van der Waals surface area contributed by atoms with E-state index in [-0.39, 0.29) is 0 Å². The van der Waals surface area contributed by atoms with Gasteiger partial charge in [0.1, 0.15) is 16.8 Å². The van der Waals surface area contributed by atoms with E-state index < -0.39 is 0 Å². The minimum Gasteiger partial charge on any atom is -0.376 e. The monoisotopic (exact) mass is 267 g/mol. The number of rotatable bonds is 4. The smallest absolute Gasteiger partial charge is 0.134 e. The van der Waals surface area contributed by atoms with Crippen LogP contribution in [0.5, 0.6) is 0 Å². The van der Waals surface area contributed by atoms with E-state index in [1.807, 2.05) is 6.92 Å². The maximum Gasteiger partial charge on any atom is 0.134 e. The van der Waals surface area contributed by atoms with Gasteiger partial charge in [-0.15, -0.1) is 0 Å². The molecule has 2 atom stereocenters. The number of nitrogens with one attached hydrogen (secondary N) is 1. The average Bonchev–Trinajstić information content (AvgIpc) is 3.10. The lowest BCUT2D eigenvalue weighted by atomic mass is 10.1. The predicted molar refractivity (Wildman–Crippen MR) is 70.9 cm³/mol. The van der Waals surface area contributed by atoms with Crippen LogP contribution in [0.2, 0.25) is 5.15 Å². The van der Waals surface area contributed by atoms with E-state index in [1.165, 1.54) is 12.8 Å². The van der Waals surface area contributed by atoms with Crippen LogP contribution in [0.1, 0.15) is 32.0 Å². The molecule has 1 aliphatic carbocycles. The number of anilines is 1. The predicted octanol–water partition coefficient (Wildman–Crippen LogP) is 2.67. The highest BCUT2D eigenvalue weighted by Crippen LogP contribution is 2.39. The third-order valence-corrected chi connectivity index (χ3v) is 3.81. The molecule has 98 valence electrons. The van der Waals surface area contributed by atoms with Crippen LogP contribution >= 0.6 is 11.6 Å². The van der Waals surface area contributed by atoms with Gasteiger partial charge in [-0.05, 0) is 25.2 Å². The van der Waals surface area contributed by atoms with Gasteiger partial charge in [-0.2, -0.15) is 0 Å². The van der Waals surface area contributed by atoms with Crippen LogP contribution in [0.4, 0.5) is 5.82 Å². The van der Waals surface area contributed by atoms with Crippen LogP contribution in [-0.4, -0.2) is 28.7 Å². The summed E-state index contributed by atoms with van der Waals surface area (Å²) in [5.41, 5.74) is 0. The Morgan fingerprint density at radius 3 is 2.94 bits per heavy atom. The molecule has 1 saturated heterocycles. The van der Waals surface area contributed by atoms with E-state index in [0.29, 0.717) is 17.3 Å². The number of hydrogen-bond donors (Lipinski definition) is 1. The second-order valence-corrected chi connectivity index (χ2v) is 5.45. The Morgan fingerprint density at radius 2 is 2.22 bits per heavy atom. The van der Waals surface area contributed by atoms with Crippen LogP contribution in [-0.2, 0) is 11.2 Å². The van der Waals surface area contributed by atoms with Gasteiger partial charge in [0, 0.05) is 19.1 Å². The molecule has 0 bridgehead atoms. The normalized spacial score (nSPS) is 27.4. The van der Waals surface area contributed by atoms with Crippen molar-refractivity contribution in [3.63, 3.8) is 0 Å². The van der Waals surface area contributed by atoms with Gasteiger partial charge < -0.3 is 10.1 Å². The maximum absolute atomic E-state index is 6.00. The molecular weight excluding hydrogens is 250 g/mol. The highest BCUT2D eigenvalue weighted by Gasteiger charge is 2.40. The van der Waals surface area contributed by atoms with Crippen LogP contribution in [0.25, 0.3) is 0 Å². The van der Waals surface area contributed by atoms with Crippen molar-refractivity contribution in [2.75, 3.05) is 11.9 Å². The van der Waals surface area contributed by atoms with Gasteiger partial charge in [0.05, 0.1) is 12.1 Å². The average molecular weight is 268 g/mol.